The van der Waals surface area contributed by atoms with Gasteiger partial charge in [-0.3, -0.25) is 13.9 Å². The van der Waals surface area contributed by atoms with E-state index in [1.54, 1.807) is 61.5 Å². The number of nitrogens with one attached hydrogen (secondary N) is 1. The van der Waals surface area contributed by atoms with Gasteiger partial charge in [-0.05, 0) is 75.1 Å². The molecular weight excluding hydrogens is 633 g/mol. The predicted molar refractivity (Wildman–Crippen MR) is 179 cm³/mol. The third-order valence-electron chi connectivity index (χ3n) is 8.00. The molecule has 0 unspecified atom stereocenters. The van der Waals surface area contributed by atoms with E-state index >= 15 is 0 Å². The van der Waals surface area contributed by atoms with Crippen LogP contribution in [0.15, 0.2) is 71.6 Å². The Balaban J connectivity index is 1.76. The number of benzene rings is 3. The summed E-state index contributed by atoms with van der Waals surface area (Å²) < 4.78 is 35.3. The second-order valence-electron chi connectivity index (χ2n) is 11.3. The maximum Gasteiger partial charge on any atom is 0.264 e. The van der Waals surface area contributed by atoms with Crippen molar-refractivity contribution in [3.8, 4) is 5.75 Å². The molecule has 8 nitrogen and oxygen atoms in total. The molecule has 0 radical (unpaired) electrons. The molecule has 3 aromatic carbocycles. The number of rotatable bonds is 13. The molecule has 11 heteroatoms. The summed E-state index contributed by atoms with van der Waals surface area (Å²) >= 11 is 12.5. The van der Waals surface area contributed by atoms with Gasteiger partial charge < -0.3 is 15.0 Å². The molecule has 4 rings (SSSR count). The molecule has 1 fully saturated rings. The molecule has 0 aliphatic heterocycles. The van der Waals surface area contributed by atoms with E-state index < -0.39 is 28.5 Å². The first kappa shape index (κ1) is 34.6. The number of para-hydroxylation sites is 2. The smallest absolute Gasteiger partial charge is 0.264 e. The first-order chi connectivity index (χ1) is 21.5. The number of hydrogen-bond donors (Lipinski definition) is 1. The first-order valence-electron chi connectivity index (χ1n) is 15.4. The maximum atomic E-state index is 14.4. The number of halogens is 2. The van der Waals surface area contributed by atoms with E-state index in [4.69, 9.17) is 27.9 Å². The molecule has 1 atom stereocenters. The summed E-state index contributed by atoms with van der Waals surface area (Å²) in [5, 5.41) is 3.83. The van der Waals surface area contributed by atoms with Crippen molar-refractivity contribution in [2.45, 2.75) is 82.8 Å². The summed E-state index contributed by atoms with van der Waals surface area (Å²) in [5.74, 6) is -0.490. The lowest BCUT2D eigenvalue weighted by molar-refractivity contribution is -0.140. The van der Waals surface area contributed by atoms with Crippen LogP contribution in [0.3, 0.4) is 0 Å². The van der Waals surface area contributed by atoms with Gasteiger partial charge in [-0.15, -0.1) is 0 Å². The highest BCUT2D eigenvalue weighted by molar-refractivity contribution is 7.92. The van der Waals surface area contributed by atoms with E-state index in [2.05, 4.69) is 5.32 Å². The van der Waals surface area contributed by atoms with Gasteiger partial charge in [0.15, 0.2) is 0 Å². The van der Waals surface area contributed by atoms with Crippen LogP contribution in [0.2, 0.25) is 10.0 Å². The highest BCUT2D eigenvalue weighted by atomic mass is 35.5. The van der Waals surface area contributed by atoms with Crippen molar-refractivity contribution in [1.29, 1.82) is 0 Å². The van der Waals surface area contributed by atoms with Crippen LogP contribution in [0.1, 0.15) is 63.5 Å². The number of ether oxygens (including phenoxy) is 1. The number of aryl methyl sites for hydroxylation is 1. The van der Waals surface area contributed by atoms with Crippen LogP contribution in [0.25, 0.3) is 0 Å². The lowest BCUT2D eigenvalue weighted by Gasteiger charge is -2.34. The van der Waals surface area contributed by atoms with Crippen molar-refractivity contribution < 1.29 is 22.7 Å². The average Bonchev–Trinajstić information content (AvgIpc) is 3.02. The summed E-state index contributed by atoms with van der Waals surface area (Å²) in [6.07, 6.45) is 5.32. The number of amides is 2. The van der Waals surface area contributed by atoms with Crippen molar-refractivity contribution in [2.24, 2.45) is 0 Å². The third-order valence-corrected chi connectivity index (χ3v) is 10.5. The monoisotopic (exact) mass is 673 g/mol. The molecule has 0 aromatic heterocycles. The van der Waals surface area contributed by atoms with Gasteiger partial charge in [0.2, 0.25) is 11.8 Å². The number of sulfonamides is 1. The molecule has 2 amide bonds. The van der Waals surface area contributed by atoms with Crippen LogP contribution in [0.5, 0.6) is 5.75 Å². The Bertz CT molecular complexity index is 1580. The molecule has 1 aliphatic carbocycles. The number of carbonyl (C=O) groups excluding carboxylic acids is 2. The summed E-state index contributed by atoms with van der Waals surface area (Å²) in [5.41, 5.74) is 1.78. The van der Waals surface area contributed by atoms with E-state index in [1.165, 1.54) is 17.0 Å². The van der Waals surface area contributed by atoms with E-state index in [-0.39, 0.29) is 29.1 Å². The molecule has 1 saturated carbocycles. The summed E-state index contributed by atoms with van der Waals surface area (Å²) in [7, 11) is -4.23. The minimum atomic E-state index is -4.23. The van der Waals surface area contributed by atoms with Gasteiger partial charge in [-0.1, -0.05) is 85.3 Å². The Labute approximate surface area is 276 Å². The summed E-state index contributed by atoms with van der Waals surface area (Å²) in [4.78, 5) is 29.6. The molecule has 242 valence electrons. The van der Waals surface area contributed by atoms with Crippen molar-refractivity contribution >= 4 is 50.7 Å². The average molecular weight is 675 g/mol. The van der Waals surface area contributed by atoms with Gasteiger partial charge in [0, 0.05) is 12.6 Å². The molecule has 45 heavy (non-hydrogen) atoms. The van der Waals surface area contributed by atoms with Crippen molar-refractivity contribution in [3.05, 3.63) is 87.9 Å². The Hall–Kier alpha value is -3.27. The van der Waals surface area contributed by atoms with Crippen LogP contribution in [-0.4, -0.2) is 50.4 Å². The van der Waals surface area contributed by atoms with Crippen LogP contribution in [0, 0.1) is 6.92 Å². The zero-order valence-electron chi connectivity index (χ0n) is 26.0. The largest absolute Gasteiger partial charge is 0.492 e. The Morgan fingerprint density at radius 1 is 0.956 bits per heavy atom. The Kier molecular flexibility index (Phi) is 12.2. The lowest BCUT2D eigenvalue weighted by atomic mass is 9.95. The van der Waals surface area contributed by atoms with E-state index in [0.29, 0.717) is 34.4 Å². The fourth-order valence-electron chi connectivity index (χ4n) is 5.59. The summed E-state index contributed by atoms with van der Waals surface area (Å²) in [6.45, 7) is 5.27. The topological polar surface area (TPSA) is 96.0 Å². The van der Waals surface area contributed by atoms with Gasteiger partial charge in [0.25, 0.3) is 10.0 Å². The second-order valence-corrected chi connectivity index (χ2v) is 13.9. The van der Waals surface area contributed by atoms with E-state index in [9.17, 15) is 18.0 Å². The van der Waals surface area contributed by atoms with Crippen LogP contribution < -0.4 is 14.4 Å². The molecule has 0 heterocycles. The van der Waals surface area contributed by atoms with Crippen LogP contribution in [0.4, 0.5) is 5.69 Å². The highest BCUT2D eigenvalue weighted by Gasteiger charge is 2.35. The quantitative estimate of drug-likeness (QED) is 0.208. The third kappa shape index (κ3) is 8.71. The van der Waals surface area contributed by atoms with Crippen LogP contribution in [-0.2, 0) is 26.2 Å². The molecule has 0 bridgehead atoms. The first-order valence-corrected chi connectivity index (χ1v) is 17.6. The number of carbonyl (C=O) groups is 2. The SMILES string of the molecule is CCOc1ccccc1N(CC(=O)N(Cc1ccc(Cl)c(Cl)c1)[C@H](CC)C(=O)NC1CCCCC1)S(=O)(=O)c1ccc(C)cc1. The normalized spacial score (nSPS) is 14.4. The van der Waals surface area contributed by atoms with Crippen LogP contribution >= 0.6 is 23.2 Å². The molecular formula is C34H41Cl2N3O5S. The second kappa shape index (κ2) is 15.8. The van der Waals surface area contributed by atoms with E-state index in [0.717, 1.165) is 42.0 Å². The fourth-order valence-corrected chi connectivity index (χ4v) is 7.34. The lowest BCUT2D eigenvalue weighted by Crippen LogP contribution is -2.54. The van der Waals surface area contributed by atoms with Gasteiger partial charge in [0.1, 0.15) is 18.3 Å². The van der Waals surface area contributed by atoms with Gasteiger partial charge >= 0.3 is 0 Å². The van der Waals surface area contributed by atoms with Crippen molar-refractivity contribution in [1.82, 2.24) is 10.2 Å². The molecule has 3 aromatic rings. The zero-order valence-corrected chi connectivity index (χ0v) is 28.3. The molecule has 1 aliphatic rings. The zero-order chi connectivity index (χ0) is 32.6. The maximum absolute atomic E-state index is 14.4. The number of hydrogen-bond acceptors (Lipinski definition) is 5. The predicted octanol–water partition coefficient (Wildman–Crippen LogP) is 7.15. The van der Waals surface area contributed by atoms with Crippen molar-refractivity contribution in [3.63, 3.8) is 0 Å². The number of nitrogens with zero attached hydrogens (tertiary/aromatic N) is 2. The standard InChI is InChI=1S/C34H41Cl2N3O5S/c1-4-30(34(41)37-26-11-7-6-8-12-26)38(22-25-17-20-28(35)29(36)21-25)33(40)23-39(31-13-9-10-14-32(31)44-5-2)45(42,43)27-18-15-24(3)16-19-27/h9-10,13-21,26,30H,4-8,11-12,22-23H2,1-3H3,(H,37,41)/t30-/m1/s1. The molecule has 0 spiro atoms. The van der Waals surface area contributed by atoms with Crippen molar-refractivity contribution in [2.75, 3.05) is 17.5 Å². The minimum absolute atomic E-state index is 0.0256. The number of anilines is 1. The Morgan fingerprint density at radius 3 is 2.29 bits per heavy atom. The fraction of sp³-hybridized carbons (Fsp3) is 0.412. The van der Waals surface area contributed by atoms with E-state index in [1.807, 2.05) is 13.8 Å². The Morgan fingerprint density at radius 2 is 1.64 bits per heavy atom. The molecule has 0 saturated heterocycles. The summed E-state index contributed by atoms with van der Waals surface area (Å²) in [6, 6.07) is 17.4. The molecule has 1 N–H and O–H groups in total. The highest BCUT2D eigenvalue weighted by Crippen LogP contribution is 2.33. The van der Waals surface area contributed by atoms with Gasteiger partial charge in [-0.2, -0.15) is 0 Å². The van der Waals surface area contributed by atoms with Gasteiger partial charge in [0.05, 0.1) is 27.2 Å². The minimum Gasteiger partial charge on any atom is -0.492 e. The van der Waals surface area contributed by atoms with Gasteiger partial charge in [-0.25, -0.2) is 8.42 Å².